The zero-order valence-corrected chi connectivity index (χ0v) is 11.5. The minimum Gasteiger partial charge on any atom is -0.396 e. The lowest BCUT2D eigenvalue weighted by Gasteiger charge is -2.36. The lowest BCUT2D eigenvalue weighted by atomic mass is 9.93. The van der Waals surface area contributed by atoms with E-state index < -0.39 is 0 Å². The molecule has 19 heavy (non-hydrogen) atoms. The molecule has 0 amide bonds. The number of benzene rings is 1. The SMILES string of the molecule is C[C@H](N)c1c(F)cccc1N1CCCC(CCO)C1. The van der Waals surface area contributed by atoms with Crippen molar-refractivity contribution in [2.45, 2.75) is 32.2 Å². The molecule has 1 aliphatic heterocycles. The number of piperidine rings is 1. The van der Waals surface area contributed by atoms with Crippen LogP contribution in [0.5, 0.6) is 0 Å². The third-order valence-electron chi connectivity index (χ3n) is 3.88. The van der Waals surface area contributed by atoms with Crippen LogP contribution in [0.1, 0.15) is 37.8 Å². The molecule has 3 N–H and O–H groups in total. The van der Waals surface area contributed by atoms with Gasteiger partial charge in [0.1, 0.15) is 5.82 Å². The maximum Gasteiger partial charge on any atom is 0.130 e. The first-order chi connectivity index (χ1) is 9.13. The second-order valence-electron chi connectivity index (χ2n) is 5.43. The summed E-state index contributed by atoms with van der Waals surface area (Å²) in [6.45, 7) is 3.85. The van der Waals surface area contributed by atoms with E-state index in [1.807, 2.05) is 13.0 Å². The second kappa shape index (κ2) is 6.35. The number of halogens is 1. The monoisotopic (exact) mass is 266 g/mol. The van der Waals surface area contributed by atoms with E-state index in [0.29, 0.717) is 11.5 Å². The van der Waals surface area contributed by atoms with E-state index in [1.165, 1.54) is 6.07 Å². The Labute approximate surface area is 114 Å². The largest absolute Gasteiger partial charge is 0.396 e. The summed E-state index contributed by atoms with van der Waals surface area (Å²) in [4.78, 5) is 2.21. The van der Waals surface area contributed by atoms with Crippen molar-refractivity contribution in [1.29, 1.82) is 0 Å². The van der Waals surface area contributed by atoms with E-state index in [0.717, 1.165) is 38.0 Å². The molecule has 0 spiro atoms. The van der Waals surface area contributed by atoms with Crippen molar-refractivity contribution in [3.8, 4) is 0 Å². The number of aliphatic hydroxyl groups is 1. The Bertz CT molecular complexity index is 421. The van der Waals surface area contributed by atoms with Crippen LogP contribution in [-0.2, 0) is 0 Å². The van der Waals surface area contributed by atoms with Crippen molar-refractivity contribution < 1.29 is 9.50 Å². The van der Waals surface area contributed by atoms with Crippen LogP contribution < -0.4 is 10.6 Å². The van der Waals surface area contributed by atoms with Crippen LogP contribution in [0.3, 0.4) is 0 Å². The van der Waals surface area contributed by atoms with Gasteiger partial charge in [0.05, 0.1) is 0 Å². The van der Waals surface area contributed by atoms with E-state index in [4.69, 9.17) is 10.8 Å². The number of anilines is 1. The molecular weight excluding hydrogens is 243 g/mol. The van der Waals surface area contributed by atoms with Gasteiger partial charge >= 0.3 is 0 Å². The molecule has 0 saturated carbocycles. The quantitative estimate of drug-likeness (QED) is 0.880. The van der Waals surface area contributed by atoms with Gasteiger partial charge in [0, 0.05) is 37.0 Å². The zero-order valence-electron chi connectivity index (χ0n) is 11.5. The normalized spacial score (nSPS) is 21.5. The van der Waals surface area contributed by atoms with Crippen molar-refractivity contribution >= 4 is 5.69 Å². The van der Waals surface area contributed by atoms with Gasteiger partial charge < -0.3 is 15.7 Å². The molecular formula is C15H23FN2O. The van der Waals surface area contributed by atoms with Crippen LogP contribution in [0.15, 0.2) is 18.2 Å². The van der Waals surface area contributed by atoms with Crippen LogP contribution in [0.4, 0.5) is 10.1 Å². The Morgan fingerprint density at radius 2 is 2.32 bits per heavy atom. The van der Waals surface area contributed by atoms with Gasteiger partial charge in [-0.15, -0.1) is 0 Å². The molecule has 2 atom stereocenters. The third kappa shape index (κ3) is 3.25. The lowest BCUT2D eigenvalue weighted by molar-refractivity contribution is 0.244. The number of nitrogens with zero attached hydrogens (tertiary/aromatic N) is 1. The van der Waals surface area contributed by atoms with E-state index in [1.54, 1.807) is 6.07 Å². The molecule has 1 aromatic carbocycles. The Kier molecular flexibility index (Phi) is 4.77. The smallest absolute Gasteiger partial charge is 0.130 e. The van der Waals surface area contributed by atoms with Crippen LogP contribution in [0, 0.1) is 11.7 Å². The summed E-state index contributed by atoms with van der Waals surface area (Å²) in [5.74, 6) is 0.264. The molecule has 1 saturated heterocycles. The minimum absolute atomic E-state index is 0.224. The van der Waals surface area contributed by atoms with Gasteiger partial charge in [-0.05, 0) is 44.2 Å². The predicted octanol–water partition coefficient (Wildman–Crippen LogP) is 2.44. The molecule has 2 rings (SSSR count). The molecule has 3 nitrogen and oxygen atoms in total. The molecule has 1 aromatic rings. The third-order valence-corrected chi connectivity index (χ3v) is 3.88. The first-order valence-electron chi connectivity index (χ1n) is 7.03. The Morgan fingerprint density at radius 1 is 1.53 bits per heavy atom. The lowest BCUT2D eigenvalue weighted by Crippen LogP contribution is -2.36. The minimum atomic E-state index is -0.311. The first kappa shape index (κ1) is 14.3. The molecule has 4 heteroatoms. The fourth-order valence-electron chi connectivity index (χ4n) is 2.95. The van der Waals surface area contributed by atoms with Crippen molar-refractivity contribution in [3.63, 3.8) is 0 Å². The van der Waals surface area contributed by atoms with E-state index in [9.17, 15) is 4.39 Å². The van der Waals surface area contributed by atoms with Crippen LogP contribution in [0.25, 0.3) is 0 Å². The molecule has 0 aliphatic carbocycles. The fraction of sp³-hybridized carbons (Fsp3) is 0.600. The van der Waals surface area contributed by atoms with Crippen molar-refractivity contribution in [2.24, 2.45) is 11.7 Å². The standard InChI is InChI=1S/C15H23FN2O/c1-11(17)15-13(16)5-2-6-14(15)18-8-3-4-12(10-18)7-9-19/h2,5-6,11-12,19H,3-4,7-10,17H2,1H3/t11-,12?/m0/s1. The Balaban J connectivity index is 2.23. The Hall–Kier alpha value is -1.13. The molecule has 0 aromatic heterocycles. The fourth-order valence-corrected chi connectivity index (χ4v) is 2.95. The number of nitrogens with two attached hydrogens (primary N) is 1. The van der Waals surface area contributed by atoms with Crippen molar-refractivity contribution in [2.75, 3.05) is 24.6 Å². The maximum absolute atomic E-state index is 14.0. The average Bonchev–Trinajstić information content (AvgIpc) is 2.38. The highest BCUT2D eigenvalue weighted by Gasteiger charge is 2.23. The summed E-state index contributed by atoms with van der Waals surface area (Å²) in [5, 5.41) is 9.06. The summed E-state index contributed by atoms with van der Waals surface area (Å²) in [6, 6.07) is 4.85. The molecule has 1 heterocycles. The van der Waals surface area contributed by atoms with Crippen molar-refractivity contribution in [1.82, 2.24) is 0 Å². The van der Waals surface area contributed by atoms with Gasteiger partial charge in [-0.25, -0.2) is 4.39 Å². The highest BCUT2D eigenvalue weighted by Crippen LogP contribution is 2.31. The highest BCUT2D eigenvalue weighted by atomic mass is 19.1. The van der Waals surface area contributed by atoms with Gasteiger partial charge in [-0.3, -0.25) is 0 Å². The van der Waals surface area contributed by atoms with Crippen LogP contribution in [-0.4, -0.2) is 24.8 Å². The number of rotatable bonds is 4. The van der Waals surface area contributed by atoms with Gasteiger partial charge in [0.15, 0.2) is 0 Å². The second-order valence-corrected chi connectivity index (χ2v) is 5.43. The van der Waals surface area contributed by atoms with Gasteiger partial charge in [0.25, 0.3) is 0 Å². The van der Waals surface area contributed by atoms with Crippen molar-refractivity contribution in [3.05, 3.63) is 29.6 Å². The molecule has 1 unspecified atom stereocenters. The molecule has 1 aliphatic rings. The maximum atomic E-state index is 14.0. The highest BCUT2D eigenvalue weighted by molar-refractivity contribution is 5.55. The summed E-state index contributed by atoms with van der Waals surface area (Å²) < 4.78 is 14.0. The van der Waals surface area contributed by atoms with E-state index in [2.05, 4.69) is 4.90 Å². The van der Waals surface area contributed by atoms with Crippen LogP contribution in [0.2, 0.25) is 0 Å². The van der Waals surface area contributed by atoms with Gasteiger partial charge in [-0.2, -0.15) is 0 Å². The average molecular weight is 266 g/mol. The predicted molar refractivity (Wildman–Crippen MR) is 75.6 cm³/mol. The van der Waals surface area contributed by atoms with E-state index in [-0.39, 0.29) is 18.5 Å². The molecule has 1 fully saturated rings. The van der Waals surface area contributed by atoms with Gasteiger partial charge in [-0.1, -0.05) is 6.07 Å². The summed E-state index contributed by atoms with van der Waals surface area (Å²) in [6.07, 6.45) is 3.04. The number of hydrogen-bond acceptors (Lipinski definition) is 3. The van der Waals surface area contributed by atoms with Crippen LogP contribution >= 0.6 is 0 Å². The Morgan fingerprint density at radius 3 is 3.00 bits per heavy atom. The zero-order chi connectivity index (χ0) is 13.8. The molecule has 0 bridgehead atoms. The number of aliphatic hydroxyl groups excluding tert-OH is 1. The number of hydrogen-bond donors (Lipinski definition) is 2. The first-order valence-corrected chi connectivity index (χ1v) is 7.03. The summed E-state index contributed by atoms with van der Waals surface area (Å²) >= 11 is 0. The van der Waals surface area contributed by atoms with E-state index >= 15 is 0 Å². The summed E-state index contributed by atoms with van der Waals surface area (Å²) in [7, 11) is 0. The topological polar surface area (TPSA) is 49.5 Å². The molecule has 0 radical (unpaired) electrons. The van der Waals surface area contributed by atoms with Gasteiger partial charge in [0.2, 0.25) is 0 Å². The molecule has 106 valence electrons. The summed E-state index contributed by atoms with van der Waals surface area (Å²) in [5.41, 5.74) is 7.43.